The Morgan fingerprint density at radius 1 is 1.71 bits per heavy atom. The zero-order chi connectivity index (χ0) is 10.3. The Balaban J connectivity index is 2.17. The minimum absolute atomic E-state index is 0.202. The number of amides is 2. The number of hydrogen-bond donors (Lipinski definition) is 2. The number of urea groups is 1. The molecule has 3 atom stereocenters. The van der Waals surface area contributed by atoms with Crippen LogP contribution in [0.3, 0.4) is 0 Å². The van der Waals surface area contributed by atoms with E-state index < -0.39 is 6.03 Å². The van der Waals surface area contributed by atoms with Crippen LogP contribution in [0, 0.1) is 17.3 Å². The van der Waals surface area contributed by atoms with Gasteiger partial charge < -0.3 is 5.73 Å². The molecule has 2 saturated carbocycles. The van der Waals surface area contributed by atoms with Crippen molar-refractivity contribution < 1.29 is 4.79 Å². The second kappa shape index (κ2) is 2.97. The molecule has 0 radical (unpaired) electrons. The van der Waals surface area contributed by atoms with Crippen molar-refractivity contribution in [2.24, 2.45) is 28.1 Å². The molecule has 14 heavy (non-hydrogen) atoms. The molecule has 4 nitrogen and oxygen atoms in total. The number of carbonyl (C=O) groups excluding carboxylic acids is 1. The van der Waals surface area contributed by atoms with Crippen molar-refractivity contribution in [1.29, 1.82) is 0 Å². The molecule has 0 aromatic rings. The summed E-state index contributed by atoms with van der Waals surface area (Å²) in [4.78, 5) is 10.6. The van der Waals surface area contributed by atoms with E-state index in [1.165, 1.54) is 12.8 Å². The maximum atomic E-state index is 10.6. The van der Waals surface area contributed by atoms with Gasteiger partial charge in [-0.3, -0.25) is 0 Å². The number of rotatable bonds is 1. The first kappa shape index (κ1) is 9.49. The minimum atomic E-state index is -0.573. The smallest absolute Gasteiger partial charge is 0.332 e. The van der Waals surface area contributed by atoms with Crippen LogP contribution >= 0.6 is 0 Å². The number of fused-ring (bicyclic) bond motifs is 2. The third kappa shape index (κ3) is 1.21. The first-order chi connectivity index (χ1) is 6.54. The first-order valence-corrected chi connectivity index (χ1v) is 5.16. The van der Waals surface area contributed by atoms with Crippen molar-refractivity contribution in [2.45, 2.75) is 33.1 Å². The quantitative estimate of drug-likeness (QED) is 0.611. The van der Waals surface area contributed by atoms with Crippen molar-refractivity contribution in [1.82, 2.24) is 5.43 Å². The Kier molecular flexibility index (Phi) is 2.01. The summed E-state index contributed by atoms with van der Waals surface area (Å²) in [7, 11) is 0. The zero-order valence-corrected chi connectivity index (χ0v) is 8.71. The molecule has 78 valence electrons. The molecule has 0 aromatic carbocycles. The summed E-state index contributed by atoms with van der Waals surface area (Å²) in [6.45, 7) is 4.52. The maximum Gasteiger partial charge on any atom is 0.332 e. The molecule has 0 heterocycles. The van der Waals surface area contributed by atoms with E-state index in [0.29, 0.717) is 5.92 Å². The van der Waals surface area contributed by atoms with Gasteiger partial charge in [0.2, 0.25) is 0 Å². The Morgan fingerprint density at radius 2 is 2.43 bits per heavy atom. The van der Waals surface area contributed by atoms with E-state index in [-0.39, 0.29) is 5.41 Å². The number of nitrogens with two attached hydrogens (primary N) is 1. The fourth-order valence-electron chi connectivity index (χ4n) is 2.95. The van der Waals surface area contributed by atoms with Gasteiger partial charge in [0.1, 0.15) is 0 Å². The van der Waals surface area contributed by atoms with Gasteiger partial charge in [-0.15, -0.1) is 0 Å². The summed E-state index contributed by atoms with van der Waals surface area (Å²) in [5, 5.41) is 4.12. The second-order valence-electron chi connectivity index (χ2n) is 4.74. The van der Waals surface area contributed by atoms with E-state index in [9.17, 15) is 4.79 Å². The average Bonchev–Trinajstić information content (AvgIpc) is 2.52. The summed E-state index contributed by atoms with van der Waals surface area (Å²) in [6.07, 6.45) is 3.52. The van der Waals surface area contributed by atoms with Gasteiger partial charge in [0, 0.05) is 11.1 Å². The Bertz CT molecular complexity index is 300. The zero-order valence-electron chi connectivity index (χ0n) is 8.71. The predicted molar refractivity (Wildman–Crippen MR) is 54.8 cm³/mol. The van der Waals surface area contributed by atoms with Gasteiger partial charge in [-0.05, 0) is 31.1 Å². The van der Waals surface area contributed by atoms with Crippen LogP contribution in [-0.4, -0.2) is 11.7 Å². The Hall–Kier alpha value is -1.06. The van der Waals surface area contributed by atoms with Crippen molar-refractivity contribution in [3.05, 3.63) is 0 Å². The largest absolute Gasteiger partial charge is 0.350 e. The number of nitrogens with one attached hydrogen (secondary N) is 1. The SMILES string of the molecule is CC1[C@@H]2CC[C@]1(C)/C(=N\NC(N)=O)C2. The first-order valence-electron chi connectivity index (χ1n) is 5.16. The number of primary amides is 1. The van der Waals surface area contributed by atoms with Gasteiger partial charge >= 0.3 is 6.03 Å². The third-order valence-corrected chi connectivity index (χ3v) is 4.16. The summed E-state index contributed by atoms with van der Waals surface area (Å²) < 4.78 is 0. The van der Waals surface area contributed by atoms with Gasteiger partial charge in [0.05, 0.1) is 0 Å². The van der Waals surface area contributed by atoms with Crippen LogP contribution < -0.4 is 11.2 Å². The van der Waals surface area contributed by atoms with Crippen molar-refractivity contribution >= 4 is 11.7 Å². The predicted octanol–water partition coefficient (Wildman–Crippen LogP) is 1.47. The molecule has 0 spiro atoms. The lowest BCUT2D eigenvalue weighted by molar-refractivity contribution is 0.249. The molecular weight excluding hydrogens is 178 g/mol. The molecule has 0 aliphatic heterocycles. The highest BCUT2D eigenvalue weighted by Gasteiger charge is 2.52. The third-order valence-electron chi connectivity index (χ3n) is 4.16. The van der Waals surface area contributed by atoms with E-state index in [1.807, 2.05) is 0 Å². The monoisotopic (exact) mass is 195 g/mol. The normalized spacial score (nSPS) is 43.1. The second-order valence-corrected chi connectivity index (χ2v) is 4.74. The summed E-state index contributed by atoms with van der Waals surface area (Å²) >= 11 is 0. The van der Waals surface area contributed by atoms with Crippen molar-refractivity contribution in [2.75, 3.05) is 0 Å². The fourth-order valence-corrected chi connectivity index (χ4v) is 2.95. The van der Waals surface area contributed by atoms with Gasteiger partial charge in [0.15, 0.2) is 0 Å². The van der Waals surface area contributed by atoms with Gasteiger partial charge in [-0.1, -0.05) is 13.8 Å². The van der Waals surface area contributed by atoms with Crippen LogP contribution in [0.4, 0.5) is 4.79 Å². The van der Waals surface area contributed by atoms with E-state index in [4.69, 9.17) is 5.73 Å². The van der Waals surface area contributed by atoms with E-state index in [2.05, 4.69) is 24.4 Å². The number of hydrazone groups is 1. The van der Waals surface area contributed by atoms with Crippen LogP contribution in [0.25, 0.3) is 0 Å². The maximum absolute atomic E-state index is 10.6. The van der Waals surface area contributed by atoms with E-state index in [0.717, 1.165) is 18.1 Å². The van der Waals surface area contributed by atoms with E-state index in [1.54, 1.807) is 0 Å². The van der Waals surface area contributed by atoms with Crippen LogP contribution in [-0.2, 0) is 0 Å². The standard InChI is InChI=1S/C10H17N3O/c1-6-7-3-4-10(6,2)8(5-7)12-13-9(11)14/h6-7H,3-5H2,1-2H3,(H3,11,13,14)/b12-8-/t6?,7-,10+/m1/s1. The lowest BCUT2D eigenvalue weighted by Gasteiger charge is -2.25. The molecule has 2 rings (SSSR count). The number of hydrogen-bond acceptors (Lipinski definition) is 2. The molecule has 2 bridgehead atoms. The van der Waals surface area contributed by atoms with Gasteiger partial charge in [-0.2, -0.15) is 5.10 Å². The molecule has 0 aromatic heterocycles. The van der Waals surface area contributed by atoms with Crippen molar-refractivity contribution in [3.63, 3.8) is 0 Å². The highest BCUT2D eigenvalue weighted by molar-refractivity contribution is 5.94. The molecule has 2 fully saturated rings. The Morgan fingerprint density at radius 3 is 2.86 bits per heavy atom. The fraction of sp³-hybridized carbons (Fsp3) is 0.800. The van der Waals surface area contributed by atoms with Crippen LogP contribution in [0.1, 0.15) is 33.1 Å². The highest BCUT2D eigenvalue weighted by atomic mass is 16.2. The molecule has 2 amide bonds. The molecule has 2 aliphatic rings. The number of nitrogens with zero attached hydrogens (tertiary/aromatic N) is 1. The molecular formula is C10H17N3O. The van der Waals surface area contributed by atoms with Crippen LogP contribution in [0.2, 0.25) is 0 Å². The lowest BCUT2D eigenvalue weighted by atomic mass is 9.80. The van der Waals surface area contributed by atoms with Crippen LogP contribution in [0.15, 0.2) is 5.10 Å². The number of carbonyl (C=O) groups is 1. The van der Waals surface area contributed by atoms with E-state index >= 15 is 0 Å². The van der Waals surface area contributed by atoms with Gasteiger partial charge in [0.25, 0.3) is 0 Å². The van der Waals surface area contributed by atoms with Crippen molar-refractivity contribution in [3.8, 4) is 0 Å². The van der Waals surface area contributed by atoms with Gasteiger partial charge in [-0.25, -0.2) is 10.2 Å². The lowest BCUT2D eigenvalue weighted by Crippen LogP contribution is -2.31. The summed E-state index contributed by atoms with van der Waals surface area (Å²) in [5.41, 5.74) is 8.66. The topological polar surface area (TPSA) is 67.5 Å². The Labute approximate surface area is 83.9 Å². The minimum Gasteiger partial charge on any atom is -0.350 e. The molecule has 4 heteroatoms. The van der Waals surface area contributed by atoms with Crippen LogP contribution in [0.5, 0.6) is 0 Å². The summed E-state index contributed by atoms with van der Waals surface area (Å²) in [6, 6.07) is -0.573. The molecule has 1 unspecified atom stereocenters. The molecule has 2 aliphatic carbocycles. The summed E-state index contributed by atoms with van der Waals surface area (Å²) in [5.74, 6) is 1.45. The average molecular weight is 195 g/mol. The highest BCUT2D eigenvalue weighted by Crippen LogP contribution is 2.55. The molecule has 0 saturated heterocycles. The molecule has 3 N–H and O–H groups in total.